The SMILES string of the molecule is CCNC(c1cccc2c1OCCO2)C1CCC(C)CC1. The third kappa shape index (κ3) is 3.18. The highest BCUT2D eigenvalue weighted by Gasteiger charge is 2.30. The van der Waals surface area contributed by atoms with Gasteiger partial charge in [0.15, 0.2) is 11.5 Å². The molecule has 3 heteroatoms. The molecular formula is C18H27NO2. The van der Waals surface area contributed by atoms with Gasteiger partial charge in [-0.25, -0.2) is 0 Å². The van der Waals surface area contributed by atoms with Gasteiger partial charge in [0, 0.05) is 11.6 Å². The van der Waals surface area contributed by atoms with Crippen LogP contribution in [0.15, 0.2) is 18.2 Å². The van der Waals surface area contributed by atoms with Crippen molar-refractivity contribution < 1.29 is 9.47 Å². The van der Waals surface area contributed by atoms with Crippen molar-refractivity contribution in [2.24, 2.45) is 11.8 Å². The van der Waals surface area contributed by atoms with Crippen LogP contribution in [0.3, 0.4) is 0 Å². The molecule has 1 fully saturated rings. The van der Waals surface area contributed by atoms with Crippen molar-refractivity contribution in [2.45, 2.75) is 45.6 Å². The van der Waals surface area contributed by atoms with Crippen LogP contribution in [0.2, 0.25) is 0 Å². The molecule has 1 aliphatic heterocycles. The molecule has 0 radical (unpaired) electrons. The number of nitrogens with one attached hydrogen (secondary N) is 1. The molecule has 1 aromatic carbocycles. The third-order valence-electron chi connectivity index (χ3n) is 4.89. The lowest BCUT2D eigenvalue weighted by atomic mass is 9.77. The fraction of sp³-hybridized carbons (Fsp3) is 0.667. The lowest BCUT2D eigenvalue weighted by Crippen LogP contribution is -2.31. The standard InChI is InChI=1S/C18H27NO2/c1-3-19-17(14-9-7-13(2)8-10-14)15-5-4-6-16-18(15)21-12-11-20-16/h4-6,13-14,17,19H,3,7-12H2,1-2H3. The topological polar surface area (TPSA) is 30.5 Å². The van der Waals surface area contributed by atoms with Crippen molar-refractivity contribution in [1.82, 2.24) is 5.32 Å². The second-order valence-electron chi connectivity index (χ2n) is 6.43. The molecule has 2 aliphatic rings. The minimum atomic E-state index is 0.388. The molecule has 1 N–H and O–H groups in total. The molecular weight excluding hydrogens is 262 g/mol. The summed E-state index contributed by atoms with van der Waals surface area (Å²) in [6, 6.07) is 6.71. The lowest BCUT2D eigenvalue weighted by molar-refractivity contribution is 0.164. The summed E-state index contributed by atoms with van der Waals surface area (Å²) >= 11 is 0. The van der Waals surface area contributed by atoms with Crippen LogP contribution < -0.4 is 14.8 Å². The van der Waals surface area contributed by atoms with Gasteiger partial charge in [-0.1, -0.05) is 38.8 Å². The van der Waals surface area contributed by atoms with Crippen LogP contribution in [0.25, 0.3) is 0 Å². The molecule has 1 unspecified atom stereocenters. The van der Waals surface area contributed by atoms with Gasteiger partial charge in [0.25, 0.3) is 0 Å². The summed E-state index contributed by atoms with van der Waals surface area (Å²) < 4.78 is 11.7. The van der Waals surface area contributed by atoms with Gasteiger partial charge >= 0.3 is 0 Å². The molecule has 3 rings (SSSR count). The highest BCUT2D eigenvalue weighted by molar-refractivity contribution is 5.49. The Labute approximate surface area is 128 Å². The second kappa shape index (κ2) is 6.69. The van der Waals surface area contributed by atoms with E-state index in [1.165, 1.54) is 31.2 Å². The largest absolute Gasteiger partial charge is 0.486 e. The monoisotopic (exact) mass is 289 g/mol. The molecule has 0 saturated heterocycles. The zero-order valence-corrected chi connectivity index (χ0v) is 13.2. The third-order valence-corrected chi connectivity index (χ3v) is 4.89. The highest BCUT2D eigenvalue weighted by Crippen LogP contribution is 2.43. The van der Waals surface area contributed by atoms with Crippen molar-refractivity contribution in [2.75, 3.05) is 19.8 Å². The summed E-state index contributed by atoms with van der Waals surface area (Å²) in [5, 5.41) is 3.70. The van der Waals surface area contributed by atoms with E-state index in [1.54, 1.807) is 0 Å². The number of para-hydroxylation sites is 1. The second-order valence-corrected chi connectivity index (χ2v) is 6.43. The minimum Gasteiger partial charge on any atom is -0.486 e. The molecule has 1 saturated carbocycles. The Morgan fingerprint density at radius 3 is 2.67 bits per heavy atom. The van der Waals surface area contributed by atoms with E-state index in [4.69, 9.17) is 9.47 Å². The van der Waals surface area contributed by atoms with E-state index in [9.17, 15) is 0 Å². The molecule has 1 aliphatic carbocycles. The molecule has 116 valence electrons. The molecule has 0 bridgehead atoms. The molecule has 0 aromatic heterocycles. The zero-order chi connectivity index (χ0) is 14.7. The molecule has 1 atom stereocenters. The average Bonchev–Trinajstić information content (AvgIpc) is 2.53. The Morgan fingerprint density at radius 2 is 1.90 bits per heavy atom. The first-order chi connectivity index (χ1) is 10.3. The number of benzene rings is 1. The van der Waals surface area contributed by atoms with E-state index in [2.05, 4.69) is 31.3 Å². The maximum atomic E-state index is 5.93. The number of fused-ring (bicyclic) bond motifs is 1. The number of hydrogen-bond donors (Lipinski definition) is 1. The van der Waals surface area contributed by atoms with Crippen LogP contribution in [0.4, 0.5) is 0 Å². The van der Waals surface area contributed by atoms with Gasteiger partial charge in [-0.3, -0.25) is 0 Å². The predicted octanol–water partition coefficient (Wildman–Crippen LogP) is 3.93. The van der Waals surface area contributed by atoms with Crippen LogP contribution in [0.5, 0.6) is 11.5 Å². The van der Waals surface area contributed by atoms with E-state index in [-0.39, 0.29) is 0 Å². The molecule has 0 amide bonds. The summed E-state index contributed by atoms with van der Waals surface area (Å²) in [4.78, 5) is 0. The number of ether oxygens (including phenoxy) is 2. The first kappa shape index (κ1) is 14.7. The van der Waals surface area contributed by atoms with Crippen LogP contribution in [0, 0.1) is 11.8 Å². The predicted molar refractivity (Wildman–Crippen MR) is 85.0 cm³/mol. The van der Waals surface area contributed by atoms with Crippen molar-refractivity contribution in [3.63, 3.8) is 0 Å². The van der Waals surface area contributed by atoms with Crippen LogP contribution in [-0.4, -0.2) is 19.8 Å². The Kier molecular flexibility index (Phi) is 4.69. The average molecular weight is 289 g/mol. The van der Waals surface area contributed by atoms with Crippen LogP contribution in [-0.2, 0) is 0 Å². The zero-order valence-electron chi connectivity index (χ0n) is 13.2. The summed E-state index contributed by atoms with van der Waals surface area (Å²) in [7, 11) is 0. The van der Waals surface area contributed by atoms with Crippen molar-refractivity contribution in [1.29, 1.82) is 0 Å². The number of hydrogen-bond acceptors (Lipinski definition) is 3. The Balaban J connectivity index is 1.87. The Morgan fingerprint density at radius 1 is 1.14 bits per heavy atom. The highest BCUT2D eigenvalue weighted by atomic mass is 16.6. The van der Waals surface area contributed by atoms with Gasteiger partial charge in [0.2, 0.25) is 0 Å². The van der Waals surface area contributed by atoms with Gasteiger partial charge in [0.05, 0.1) is 0 Å². The summed E-state index contributed by atoms with van der Waals surface area (Å²) in [5.74, 6) is 3.46. The number of rotatable bonds is 4. The van der Waals surface area contributed by atoms with Crippen molar-refractivity contribution in [3.05, 3.63) is 23.8 Å². The smallest absolute Gasteiger partial charge is 0.166 e. The minimum absolute atomic E-state index is 0.388. The van der Waals surface area contributed by atoms with Crippen molar-refractivity contribution in [3.8, 4) is 11.5 Å². The maximum absolute atomic E-state index is 5.93. The fourth-order valence-electron chi connectivity index (χ4n) is 3.71. The van der Waals surface area contributed by atoms with E-state index in [0.29, 0.717) is 25.2 Å². The lowest BCUT2D eigenvalue weighted by Gasteiger charge is -2.35. The van der Waals surface area contributed by atoms with Gasteiger partial charge < -0.3 is 14.8 Å². The molecule has 1 heterocycles. The van der Waals surface area contributed by atoms with Gasteiger partial charge in [-0.2, -0.15) is 0 Å². The molecule has 0 spiro atoms. The Bertz CT molecular complexity index is 466. The van der Waals surface area contributed by atoms with Gasteiger partial charge in [0.1, 0.15) is 13.2 Å². The normalized spacial score (nSPS) is 26.4. The quantitative estimate of drug-likeness (QED) is 0.911. The van der Waals surface area contributed by atoms with E-state index in [1.807, 2.05) is 6.07 Å². The molecule has 21 heavy (non-hydrogen) atoms. The van der Waals surface area contributed by atoms with E-state index < -0.39 is 0 Å². The summed E-state index contributed by atoms with van der Waals surface area (Å²) in [5.41, 5.74) is 1.29. The first-order valence-electron chi connectivity index (χ1n) is 8.41. The molecule has 3 nitrogen and oxygen atoms in total. The molecule has 1 aromatic rings. The van der Waals surface area contributed by atoms with E-state index >= 15 is 0 Å². The van der Waals surface area contributed by atoms with Crippen molar-refractivity contribution >= 4 is 0 Å². The summed E-state index contributed by atoms with van der Waals surface area (Å²) in [6.45, 7) is 6.86. The Hall–Kier alpha value is -1.22. The summed E-state index contributed by atoms with van der Waals surface area (Å²) in [6.07, 6.45) is 5.31. The first-order valence-corrected chi connectivity index (χ1v) is 8.41. The fourth-order valence-corrected chi connectivity index (χ4v) is 3.71. The van der Waals surface area contributed by atoms with Gasteiger partial charge in [-0.15, -0.1) is 0 Å². The maximum Gasteiger partial charge on any atom is 0.166 e. The van der Waals surface area contributed by atoms with Crippen LogP contribution in [0.1, 0.15) is 51.1 Å². The van der Waals surface area contributed by atoms with Crippen LogP contribution >= 0.6 is 0 Å². The van der Waals surface area contributed by atoms with Gasteiger partial charge in [-0.05, 0) is 37.3 Å². The van der Waals surface area contributed by atoms with E-state index in [0.717, 1.165) is 24.0 Å².